The fraction of sp³-hybridized carbons (Fsp3) is 0.424. The molecule has 0 bridgehead atoms. The van der Waals surface area contributed by atoms with Gasteiger partial charge in [0.2, 0.25) is 0 Å². The summed E-state index contributed by atoms with van der Waals surface area (Å²) in [5.41, 5.74) is 2.33. The number of ether oxygens (including phenoxy) is 2. The van der Waals surface area contributed by atoms with Crippen LogP contribution in [0.2, 0.25) is 0 Å². The topological polar surface area (TPSA) is 96.2 Å². The molecule has 0 spiro atoms. The van der Waals surface area contributed by atoms with E-state index in [4.69, 9.17) is 9.47 Å². The summed E-state index contributed by atoms with van der Waals surface area (Å²) in [5.74, 6) is -5.80. The first-order chi connectivity index (χ1) is 20.7. The third kappa shape index (κ3) is 7.54. The molecule has 0 saturated heterocycles. The van der Waals surface area contributed by atoms with Gasteiger partial charge in [-0.1, -0.05) is 37.3 Å². The lowest BCUT2D eigenvalue weighted by molar-refractivity contribution is -0.284. The highest BCUT2D eigenvalue weighted by Gasteiger charge is 2.56. The number of benzene rings is 3. The smallest absolute Gasteiger partial charge is 0.453 e. The number of aliphatic carboxylic acids is 1. The van der Waals surface area contributed by atoms with E-state index in [2.05, 4.69) is 6.92 Å². The van der Waals surface area contributed by atoms with Crippen LogP contribution in [0.4, 0.5) is 22.0 Å². The number of hydrogen-bond acceptors (Lipinski definition) is 5. The molecular formula is C33H35F5O6. The predicted molar refractivity (Wildman–Crippen MR) is 153 cm³/mol. The van der Waals surface area contributed by atoms with Gasteiger partial charge in [-0.2, -0.15) is 22.0 Å². The predicted octanol–water partition coefficient (Wildman–Crippen LogP) is 8.20. The van der Waals surface area contributed by atoms with E-state index in [0.29, 0.717) is 30.9 Å². The second-order valence-corrected chi connectivity index (χ2v) is 11.5. The highest BCUT2D eigenvalue weighted by atomic mass is 19.4. The highest BCUT2D eigenvalue weighted by Crippen LogP contribution is 2.51. The first kappa shape index (κ1) is 32.9. The third-order valence-electron chi connectivity index (χ3n) is 8.24. The van der Waals surface area contributed by atoms with E-state index in [-0.39, 0.29) is 36.9 Å². The Morgan fingerprint density at radius 2 is 1.57 bits per heavy atom. The summed E-state index contributed by atoms with van der Waals surface area (Å²) in [5, 5.41) is 29.2. The van der Waals surface area contributed by atoms with Crippen molar-refractivity contribution in [1.82, 2.24) is 0 Å². The van der Waals surface area contributed by atoms with Crippen molar-refractivity contribution in [2.24, 2.45) is 5.92 Å². The van der Waals surface area contributed by atoms with Gasteiger partial charge in [0.15, 0.2) is 0 Å². The van der Waals surface area contributed by atoms with Crippen LogP contribution in [0.1, 0.15) is 68.1 Å². The number of phenols is 2. The summed E-state index contributed by atoms with van der Waals surface area (Å²) in [6, 6.07) is 19.6. The SMILES string of the molecule is CC1(c2ccc(O)cc2)COc2cc(O)ccc2C1c1ccc(OCCCCC(CCCC(F)(F)C(F)(F)F)C(=O)O)cc1. The normalized spacial score (nSPS) is 19.1. The largest absolute Gasteiger partial charge is 0.508 e. The fourth-order valence-electron chi connectivity index (χ4n) is 5.72. The number of halogens is 5. The van der Waals surface area contributed by atoms with Gasteiger partial charge in [-0.25, -0.2) is 0 Å². The Labute approximate surface area is 252 Å². The minimum atomic E-state index is -5.65. The van der Waals surface area contributed by atoms with E-state index < -0.39 is 42.2 Å². The third-order valence-corrected chi connectivity index (χ3v) is 8.24. The molecule has 4 rings (SSSR count). The van der Waals surface area contributed by atoms with Crippen LogP contribution in [0.15, 0.2) is 66.7 Å². The number of alkyl halides is 5. The average molecular weight is 623 g/mol. The molecule has 11 heteroatoms. The maximum Gasteiger partial charge on any atom is 0.453 e. The molecule has 0 amide bonds. The molecular weight excluding hydrogens is 587 g/mol. The minimum absolute atomic E-state index is 0.0946. The summed E-state index contributed by atoms with van der Waals surface area (Å²) in [6.45, 7) is 2.68. The van der Waals surface area contributed by atoms with Crippen LogP contribution in [0.5, 0.6) is 23.0 Å². The van der Waals surface area contributed by atoms with Crippen molar-refractivity contribution < 1.29 is 51.5 Å². The van der Waals surface area contributed by atoms with Crippen molar-refractivity contribution in [1.29, 1.82) is 0 Å². The van der Waals surface area contributed by atoms with Crippen molar-refractivity contribution in [3.63, 3.8) is 0 Å². The molecule has 1 aliphatic rings. The van der Waals surface area contributed by atoms with E-state index in [1.165, 1.54) is 0 Å². The van der Waals surface area contributed by atoms with Crippen molar-refractivity contribution in [3.8, 4) is 23.0 Å². The minimum Gasteiger partial charge on any atom is -0.508 e. The first-order valence-electron chi connectivity index (χ1n) is 14.4. The molecule has 238 valence electrons. The molecule has 44 heavy (non-hydrogen) atoms. The van der Waals surface area contributed by atoms with Crippen molar-refractivity contribution in [2.45, 2.75) is 68.9 Å². The van der Waals surface area contributed by atoms with Crippen molar-refractivity contribution >= 4 is 5.97 Å². The number of fused-ring (bicyclic) bond motifs is 1. The zero-order chi connectivity index (χ0) is 32.1. The zero-order valence-electron chi connectivity index (χ0n) is 24.1. The molecule has 1 heterocycles. The standard InChI is InChI=1S/C33H35F5O6/c1-31(23-9-11-24(39)12-10-23)20-44-28-19-25(40)13-16-27(28)29(31)21-7-14-26(15-8-21)43-18-3-2-5-22(30(41)42)6-4-17-32(34,35)33(36,37)38/h7-16,19,22,29,39-40H,2-6,17-18,20H2,1H3,(H,41,42). The monoisotopic (exact) mass is 622 g/mol. The van der Waals surface area contributed by atoms with E-state index >= 15 is 0 Å². The lowest BCUT2D eigenvalue weighted by Crippen LogP contribution is -2.40. The van der Waals surface area contributed by atoms with Crippen LogP contribution in [0, 0.1) is 5.92 Å². The number of carboxylic acids is 1. The van der Waals surface area contributed by atoms with Crippen molar-refractivity contribution in [2.75, 3.05) is 13.2 Å². The lowest BCUT2D eigenvalue weighted by atomic mass is 9.65. The fourth-order valence-corrected chi connectivity index (χ4v) is 5.72. The molecule has 3 aromatic carbocycles. The van der Waals surface area contributed by atoms with Crippen molar-refractivity contribution in [3.05, 3.63) is 83.4 Å². The summed E-state index contributed by atoms with van der Waals surface area (Å²) in [7, 11) is 0. The van der Waals surface area contributed by atoms with Crippen LogP contribution < -0.4 is 9.47 Å². The van der Waals surface area contributed by atoms with E-state index in [1.807, 2.05) is 42.5 Å². The zero-order valence-corrected chi connectivity index (χ0v) is 24.1. The Morgan fingerprint density at radius 1 is 0.932 bits per heavy atom. The van der Waals surface area contributed by atoms with Gasteiger partial charge in [-0.15, -0.1) is 0 Å². The van der Waals surface area contributed by atoms with Gasteiger partial charge in [-0.3, -0.25) is 4.79 Å². The Morgan fingerprint density at radius 3 is 2.20 bits per heavy atom. The van der Waals surface area contributed by atoms with Gasteiger partial charge < -0.3 is 24.8 Å². The Balaban J connectivity index is 1.36. The van der Waals surface area contributed by atoms with Gasteiger partial charge in [0.1, 0.15) is 23.0 Å². The Bertz CT molecular complexity index is 1410. The van der Waals surface area contributed by atoms with Crippen LogP contribution in [0.25, 0.3) is 0 Å². The van der Waals surface area contributed by atoms with E-state index in [1.54, 1.807) is 24.3 Å². The number of rotatable bonds is 13. The van der Waals surface area contributed by atoms with Gasteiger partial charge in [-0.05, 0) is 73.6 Å². The number of phenolic OH excluding ortho intramolecular Hbond substituents is 2. The van der Waals surface area contributed by atoms with Crippen LogP contribution in [-0.2, 0) is 10.2 Å². The van der Waals surface area contributed by atoms with E-state index in [9.17, 15) is 42.1 Å². The molecule has 6 nitrogen and oxygen atoms in total. The van der Waals surface area contributed by atoms with Gasteiger partial charge in [0, 0.05) is 29.4 Å². The second kappa shape index (κ2) is 13.3. The summed E-state index contributed by atoms with van der Waals surface area (Å²) in [4.78, 5) is 11.5. The molecule has 0 saturated carbocycles. The van der Waals surface area contributed by atoms with Gasteiger partial charge in [0.05, 0.1) is 19.1 Å². The number of aromatic hydroxyl groups is 2. The Hall–Kier alpha value is -4.02. The summed E-state index contributed by atoms with van der Waals surface area (Å²) >= 11 is 0. The highest BCUT2D eigenvalue weighted by molar-refractivity contribution is 5.69. The van der Waals surface area contributed by atoms with Crippen LogP contribution in [0.3, 0.4) is 0 Å². The van der Waals surface area contributed by atoms with E-state index in [0.717, 1.165) is 16.7 Å². The maximum atomic E-state index is 13.1. The summed E-state index contributed by atoms with van der Waals surface area (Å²) in [6.07, 6.45) is -6.87. The van der Waals surface area contributed by atoms with Gasteiger partial charge in [0.25, 0.3) is 0 Å². The Kier molecular flexibility index (Phi) is 9.95. The number of unbranched alkanes of at least 4 members (excludes halogenated alkanes) is 1. The molecule has 0 aromatic heterocycles. The molecule has 0 aliphatic carbocycles. The molecule has 1 aliphatic heterocycles. The number of carboxylic acid groups (broad SMARTS) is 1. The molecule has 0 fully saturated rings. The molecule has 3 N–H and O–H groups in total. The second-order valence-electron chi connectivity index (χ2n) is 11.5. The van der Waals surface area contributed by atoms with Crippen LogP contribution in [-0.4, -0.2) is 46.6 Å². The average Bonchev–Trinajstić information content (AvgIpc) is 2.96. The molecule has 0 radical (unpaired) electrons. The van der Waals surface area contributed by atoms with Gasteiger partial charge >= 0.3 is 18.1 Å². The maximum absolute atomic E-state index is 13.1. The number of carbonyl (C=O) groups is 1. The lowest BCUT2D eigenvalue weighted by Gasteiger charge is -2.43. The molecule has 3 aromatic rings. The molecule has 3 unspecified atom stereocenters. The van der Waals surface area contributed by atoms with Crippen LogP contribution >= 0.6 is 0 Å². The summed E-state index contributed by atoms with van der Waals surface area (Å²) < 4.78 is 75.2. The molecule has 3 atom stereocenters. The first-order valence-corrected chi connectivity index (χ1v) is 14.4. The quantitative estimate of drug-likeness (QED) is 0.131. The number of hydrogen-bond donors (Lipinski definition) is 3.